The van der Waals surface area contributed by atoms with Crippen molar-refractivity contribution in [2.75, 3.05) is 0 Å². The molecule has 1 atom stereocenters. The Balaban J connectivity index is 1.89. The normalized spacial score (nSPS) is 13.1. The average molecular weight is 334 g/mol. The van der Waals surface area contributed by atoms with E-state index in [2.05, 4.69) is 14.9 Å². The molecule has 1 unspecified atom stereocenters. The molecule has 0 radical (unpaired) electrons. The van der Waals surface area contributed by atoms with Crippen molar-refractivity contribution in [2.45, 2.75) is 16.8 Å². The molecule has 2 heterocycles. The molecule has 0 bridgehead atoms. The van der Waals surface area contributed by atoms with Gasteiger partial charge in [-0.1, -0.05) is 36.4 Å². The predicted molar refractivity (Wildman–Crippen MR) is 83.8 cm³/mol. The third-order valence-electron chi connectivity index (χ3n) is 3.07. The second-order valence-electron chi connectivity index (χ2n) is 4.60. The van der Waals surface area contributed by atoms with Crippen LogP contribution in [0.4, 0.5) is 0 Å². The van der Waals surface area contributed by atoms with Gasteiger partial charge in [-0.25, -0.2) is 13.1 Å². The Morgan fingerprint density at radius 3 is 2.45 bits per heavy atom. The Kier molecular flexibility index (Phi) is 4.32. The highest BCUT2D eigenvalue weighted by atomic mass is 32.2. The molecule has 2 aromatic heterocycles. The van der Waals surface area contributed by atoms with Gasteiger partial charge in [0, 0.05) is 0 Å². The predicted octanol–water partition coefficient (Wildman–Crippen LogP) is 2.06. The summed E-state index contributed by atoms with van der Waals surface area (Å²) in [6, 6.07) is 12.3. The van der Waals surface area contributed by atoms with E-state index in [1.165, 1.54) is 16.1 Å². The minimum Gasteiger partial charge on any atom is -0.206 e. The minimum atomic E-state index is -3.57. The smallest absolute Gasteiger partial charge is 0.206 e. The number of hydrogen-bond donors (Lipinski definition) is 1. The van der Waals surface area contributed by atoms with Crippen LogP contribution in [0.1, 0.15) is 11.6 Å². The van der Waals surface area contributed by atoms with Crippen molar-refractivity contribution in [3.05, 3.63) is 65.8 Å². The fourth-order valence-corrected chi connectivity index (χ4v) is 4.28. The van der Waals surface area contributed by atoms with E-state index < -0.39 is 16.1 Å². The maximum absolute atomic E-state index is 12.5. The average Bonchev–Trinajstić information content (AvgIpc) is 3.21. The molecular weight excluding hydrogens is 320 g/mol. The lowest BCUT2D eigenvalue weighted by atomic mass is 10.1. The van der Waals surface area contributed by atoms with Crippen LogP contribution in [0.2, 0.25) is 0 Å². The molecule has 1 N–H and O–H groups in total. The van der Waals surface area contributed by atoms with E-state index in [9.17, 15) is 8.42 Å². The lowest BCUT2D eigenvalue weighted by Gasteiger charge is -2.18. The van der Waals surface area contributed by atoms with Gasteiger partial charge in [0.15, 0.2) is 0 Å². The van der Waals surface area contributed by atoms with Crippen LogP contribution in [0.5, 0.6) is 0 Å². The van der Waals surface area contributed by atoms with E-state index >= 15 is 0 Å². The number of sulfonamides is 1. The Hall–Kier alpha value is -2.03. The second-order valence-corrected chi connectivity index (χ2v) is 7.49. The van der Waals surface area contributed by atoms with Crippen LogP contribution in [0, 0.1) is 0 Å². The Labute approximate surface area is 132 Å². The van der Waals surface area contributed by atoms with Crippen molar-refractivity contribution >= 4 is 21.4 Å². The number of rotatable bonds is 6. The second kappa shape index (κ2) is 6.39. The van der Waals surface area contributed by atoms with Crippen LogP contribution in [0.25, 0.3) is 0 Å². The quantitative estimate of drug-likeness (QED) is 0.748. The van der Waals surface area contributed by atoms with Crippen molar-refractivity contribution in [1.82, 2.24) is 19.7 Å². The highest BCUT2D eigenvalue weighted by Crippen LogP contribution is 2.21. The number of nitrogens with zero attached hydrogens (tertiary/aromatic N) is 3. The molecule has 0 amide bonds. The summed E-state index contributed by atoms with van der Waals surface area (Å²) in [5, 5.41) is 9.83. The molecule has 8 heteroatoms. The van der Waals surface area contributed by atoms with Gasteiger partial charge in [-0.2, -0.15) is 15.0 Å². The summed E-state index contributed by atoms with van der Waals surface area (Å²) in [6.45, 7) is 0.321. The number of thiophene rings is 1. The van der Waals surface area contributed by atoms with Crippen molar-refractivity contribution in [1.29, 1.82) is 0 Å². The molecule has 0 fully saturated rings. The Bertz CT molecular complexity index is 800. The van der Waals surface area contributed by atoms with Crippen molar-refractivity contribution in [2.24, 2.45) is 0 Å². The van der Waals surface area contributed by atoms with Crippen molar-refractivity contribution in [3.63, 3.8) is 0 Å². The van der Waals surface area contributed by atoms with Gasteiger partial charge in [-0.3, -0.25) is 0 Å². The summed E-state index contributed by atoms with van der Waals surface area (Å²) in [7, 11) is -3.57. The van der Waals surface area contributed by atoms with Crippen LogP contribution in [0.3, 0.4) is 0 Å². The van der Waals surface area contributed by atoms with E-state index in [4.69, 9.17) is 0 Å². The summed E-state index contributed by atoms with van der Waals surface area (Å²) in [6.07, 6.45) is 3.13. The molecule has 0 spiro atoms. The first-order valence-corrected chi connectivity index (χ1v) is 8.96. The van der Waals surface area contributed by atoms with Gasteiger partial charge in [0.2, 0.25) is 0 Å². The summed E-state index contributed by atoms with van der Waals surface area (Å²) >= 11 is 1.19. The zero-order valence-corrected chi connectivity index (χ0v) is 13.2. The highest BCUT2D eigenvalue weighted by molar-refractivity contribution is 7.91. The van der Waals surface area contributed by atoms with Gasteiger partial charge in [0.25, 0.3) is 10.0 Å². The topological polar surface area (TPSA) is 76.9 Å². The molecule has 114 valence electrons. The highest BCUT2D eigenvalue weighted by Gasteiger charge is 2.23. The van der Waals surface area contributed by atoms with Gasteiger partial charge in [-0.05, 0) is 17.0 Å². The van der Waals surface area contributed by atoms with E-state index in [1.807, 2.05) is 30.3 Å². The zero-order chi connectivity index (χ0) is 15.4. The fraction of sp³-hybridized carbons (Fsp3) is 0.143. The molecule has 3 aromatic rings. The lowest BCUT2D eigenvalue weighted by molar-refractivity contribution is 0.445. The summed E-state index contributed by atoms with van der Waals surface area (Å²) in [5.41, 5.74) is 0.861. The molecule has 0 aliphatic carbocycles. The summed E-state index contributed by atoms with van der Waals surface area (Å²) in [5.74, 6) is 0. The number of aromatic nitrogens is 3. The third kappa shape index (κ3) is 3.41. The zero-order valence-electron chi connectivity index (χ0n) is 11.5. The Morgan fingerprint density at radius 1 is 1.09 bits per heavy atom. The SMILES string of the molecule is O=S(=O)(NC(Cn1nccn1)c1ccccc1)c1cccs1. The first kappa shape index (κ1) is 14.9. The number of nitrogens with one attached hydrogen (secondary N) is 1. The van der Waals surface area contributed by atoms with Gasteiger partial charge < -0.3 is 0 Å². The summed E-state index contributed by atoms with van der Waals surface area (Å²) < 4.78 is 27.9. The van der Waals surface area contributed by atoms with Crippen LogP contribution >= 0.6 is 11.3 Å². The fourth-order valence-electron chi connectivity index (χ4n) is 2.06. The van der Waals surface area contributed by atoms with Gasteiger partial charge in [0.05, 0.1) is 25.0 Å². The Morgan fingerprint density at radius 2 is 1.82 bits per heavy atom. The summed E-state index contributed by atoms with van der Waals surface area (Å²) in [4.78, 5) is 1.47. The molecule has 0 aliphatic heterocycles. The maximum Gasteiger partial charge on any atom is 0.250 e. The van der Waals surface area contributed by atoms with Crippen molar-refractivity contribution < 1.29 is 8.42 Å². The van der Waals surface area contributed by atoms with Gasteiger partial charge >= 0.3 is 0 Å². The standard InChI is InChI=1S/C14H14N4O2S2/c19-22(20,14-7-4-10-21-14)17-13(11-18-15-8-9-16-18)12-5-2-1-3-6-12/h1-10,13,17H,11H2. The van der Waals surface area contributed by atoms with Crippen LogP contribution in [-0.2, 0) is 16.6 Å². The van der Waals surface area contributed by atoms with E-state index in [0.717, 1.165) is 5.56 Å². The molecule has 0 saturated carbocycles. The van der Waals surface area contributed by atoms with E-state index in [1.54, 1.807) is 29.9 Å². The molecule has 1 aromatic carbocycles. The number of hydrogen-bond acceptors (Lipinski definition) is 5. The van der Waals surface area contributed by atoms with E-state index in [0.29, 0.717) is 10.8 Å². The van der Waals surface area contributed by atoms with Gasteiger partial charge in [-0.15, -0.1) is 11.3 Å². The molecule has 22 heavy (non-hydrogen) atoms. The van der Waals surface area contributed by atoms with Crippen LogP contribution in [-0.4, -0.2) is 23.4 Å². The number of benzene rings is 1. The first-order chi connectivity index (χ1) is 10.6. The van der Waals surface area contributed by atoms with Crippen LogP contribution < -0.4 is 4.72 Å². The van der Waals surface area contributed by atoms with Crippen LogP contribution in [0.15, 0.2) is 64.4 Å². The van der Waals surface area contributed by atoms with Crippen molar-refractivity contribution in [3.8, 4) is 0 Å². The molecule has 0 aliphatic rings. The van der Waals surface area contributed by atoms with E-state index in [-0.39, 0.29) is 0 Å². The minimum absolute atomic E-state index is 0.293. The van der Waals surface area contributed by atoms with Gasteiger partial charge in [0.1, 0.15) is 4.21 Å². The molecule has 3 rings (SSSR count). The maximum atomic E-state index is 12.5. The lowest BCUT2D eigenvalue weighted by Crippen LogP contribution is -2.31. The third-order valence-corrected chi connectivity index (χ3v) is 5.94. The molecule has 6 nitrogen and oxygen atoms in total. The largest absolute Gasteiger partial charge is 0.250 e. The first-order valence-electron chi connectivity index (χ1n) is 6.60. The molecule has 0 saturated heterocycles. The molecular formula is C14H14N4O2S2. The monoisotopic (exact) mass is 334 g/mol.